The Morgan fingerprint density at radius 3 is 3.12 bits per heavy atom. The number of nitrogens with zero attached hydrogens (tertiary/aromatic N) is 1. The number of hydrogen-bond donors (Lipinski definition) is 4. The number of nitrogens with two attached hydrogens (primary N) is 1. The Morgan fingerprint density at radius 1 is 1.53 bits per heavy atom. The summed E-state index contributed by atoms with van der Waals surface area (Å²) in [5.41, 5.74) is 6.70. The lowest BCUT2D eigenvalue weighted by Gasteiger charge is -2.01. The van der Waals surface area contributed by atoms with E-state index < -0.39 is 0 Å². The van der Waals surface area contributed by atoms with Crippen molar-refractivity contribution in [1.82, 2.24) is 20.3 Å². The molecule has 0 radical (unpaired) electrons. The molecule has 0 aromatic carbocycles. The van der Waals surface area contributed by atoms with Crippen LogP contribution in [0.25, 0.3) is 11.0 Å². The van der Waals surface area contributed by atoms with Gasteiger partial charge in [0.2, 0.25) is 5.95 Å². The van der Waals surface area contributed by atoms with Gasteiger partial charge >= 0.3 is 0 Å². The Labute approximate surface area is 106 Å². The van der Waals surface area contributed by atoms with Gasteiger partial charge in [0.05, 0.1) is 5.39 Å². The molecule has 0 aliphatic carbocycles. The molecule has 2 heterocycles. The molecule has 0 saturated carbocycles. The molecule has 92 valence electrons. The van der Waals surface area contributed by atoms with Crippen LogP contribution >= 0.6 is 15.9 Å². The van der Waals surface area contributed by atoms with Crippen molar-refractivity contribution in [3.8, 4) is 0 Å². The Morgan fingerprint density at radius 2 is 2.35 bits per heavy atom. The lowest BCUT2D eigenvalue weighted by atomic mass is 10.2. The summed E-state index contributed by atoms with van der Waals surface area (Å²) in [6.07, 6.45) is 2.83. The number of H-pyrrole nitrogens is 2. The maximum absolute atomic E-state index is 11.7. The molecule has 2 aromatic heterocycles. The highest BCUT2D eigenvalue weighted by molar-refractivity contribution is 9.09. The normalized spacial score (nSPS) is 11.1. The van der Waals surface area contributed by atoms with Crippen LogP contribution in [0.5, 0.6) is 0 Å². The van der Waals surface area contributed by atoms with E-state index >= 15 is 0 Å². The fraction of sp³-hybridized carbons (Fsp3) is 0.400. The smallest absolute Gasteiger partial charge is 0.262 e. The molecule has 2 aromatic rings. The van der Waals surface area contributed by atoms with Crippen LogP contribution in [0.1, 0.15) is 12.0 Å². The van der Waals surface area contributed by atoms with E-state index in [0.29, 0.717) is 17.6 Å². The van der Waals surface area contributed by atoms with Gasteiger partial charge in [-0.2, -0.15) is 4.98 Å². The number of halogens is 1. The van der Waals surface area contributed by atoms with Gasteiger partial charge in [-0.25, -0.2) is 0 Å². The fourth-order valence-electron chi connectivity index (χ4n) is 1.67. The van der Waals surface area contributed by atoms with Gasteiger partial charge in [-0.1, -0.05) is 15.9 Å². The third-order valence-electron chi connectivity index (χ3n) is 2.44. The van der Waals surface area contributed by atoms with Gasteiger partial charge in [-0.05, 0) is 18.5 Å². The average molecular weight is 300 g/mol. The first-order valence-electron chi connectivity index (χ1n) is 5.35. The lowest BCUT2D eigenvalue weighted by molar-refractivity contribution is 0.682. The standard InChI is InChI=1S/C10H14BrN5O/c11-2-1-3-13-4-6-5-14-8-7(6)9(17)16-10(12)15-8/h5,13H,1-4H2,(H4,12,14,15,16,17). The first kappa shape index (κ1) is 12.1. The summed E-state index contributed by atoms with van der Waals surface area (Å²) >= 11 is 3.36. The topological polar surface area (TPSA) is 99.6 Å². The highest BCUT2D eigenvalue weighted by atomic mass is 79.9. The zero-order valence-corrected chi connectivity index (χ0v) is 10.8. The number of aromatic amines is 2. The quantitative estimate of drug-likeness (QED) is 0.482. The number of nitrogens with one attached hydrogen (secondary N) is 3. The van der Waals surface area contributed by atoms with E-state index in [0.717, 1.165) is 23.9 Å². The third-order valence-corrected chi connectivity index (χ3v) is 3.01. The van der Waals surface area contributed by atoms with Gasteiger partial charge in [0.15, 0.2) is 0 Å². The zero-order chi connectivity index (χ0) is 12.3. The van der Waals surface area contributed by atoms with E-state index in [-0.39, 0.29) is 11.5 Å². The van der Waals surface area contributed by atoms with E-state index in [9.17, 15) is 4.79 Å². The molecule has 6 nitrogen and oxygen atoms in total. The summed E-state index contributed by atoms with van der Waals surface area (Å²) in [5.74, 6) is 0.128. The van der Waals surface area contributed by atoms with Gasteiger partial charge < -0.3 is 16.0 Å². The van der Waals surface area contributed by atoms with Crippen molar-refractivity contribution < 1.29 is 0 Å². The average Bonchev–Trinajstić information content (AvgIpc) is 2.68. The molecule has 2 rings (SSSR count). The molecule has 0 aliphatic rings. The second-order valence-electron chi connectivity index (χ2n) is 3.71. The predicted octanol–water partition coefficient (Wildman–Crippen LogP) is 0.708. The number of nitrogen functional groups attached to an aromatic ring is 1. The molecule has 0 amide bonds. The highest BCUT2D eigenvalue weighted by Crippen LogP contribution is 2.11. The highest BCUT2D eigenvalue weighted by Gasteiger charge is 2.09. The number of anilines is 1. The summed E-state index contributed by atoms with van der Waals surface area (Å²) in [6, 6.07) is 0. The minimum absolute atomic E-state index is 0.128. The Kier molecular flexibility index (Phi) is 3.80. The van der Waals surface area contributed by atoms with Gasteiger partial charge in [0.25, 0.3) is 5.56 Å². The van der Waals surface area contributed by atoms with Crippen LogP contribution in [0.15, 0.2) is 11.0 Å². The van der Waals surface area contributed by atoms with E-state index in [1.807, 2.05) is 0 Å². The van der Waals surface area contributed by atoms with Crippen molar-refractivity contribution in [3.63, 3.8) is 0 Å². The van der Waals surface area contributed by atoms with Crippen LogP contribution < -0.4 is 16.6 Å². The van der Waals surface area contributed by atoms with E-state index in [1.54, 1.807) is 6.20 Å². The molecular formula is C10H14BrN5O. The Hall–Kier alpha value is -1.34. The lowest BCUT2D eigenvalue weighted by Crippen LogP contribution is -2.17. The molecule has 7 heteroatoms. The summed E-state index contributed by atoms with van der Waals surface area (Å²) in [5, 5.41) is 4.80. The minimum atomic E-state index is -0.203. The van der Waals surface area contributed by atoms with Crippen molar-refractivity contribution in [2.45, 2.75) is 13.0 Å². The van der Waals surface area contributed by atoms with Gasteiger partial charge in [0, 0.05) is 18.1 Å². The summed E-state index contributed by atoms with van der Waals surface area (Å²) in [6.45, 7) is 1.54. The number of aromatic nitrogens is 3. The van der Waals surface area contributed by atoms with Crippen LogP contribution in [0.4, 0.5) is 5.95 Å². The molecular weight excluding hydrogens is 286 g/mol. The van der Waals surface area contributed by atoms with E-state index in [2.05, 4.69) is 36.2 Å². The molecule has 5 N–H and O–H groups in total. The largest absolute Gasteiger partial charge is 0.369 e. The predicted molar refractivity (Wildman–Crippen MR) is 71.2 cm³/mol. The SMILES string of the molecule is Nc1nc2[nH]cc(CNCCCBr)c2c(=O)[nH]1. The van der Waals surface area contributed by atoms with Gasteiger partial charge in [-0.15, -0.1) is 0 Å². The molecule has 0 aliphatic heterocycles. The van der Waals surface area contributed by atoms with E-state index in [4.69, 9.17) is 5.73 Å². The Balaban J connectivity index is 2.21. The molecule has 0 fully saturated rings. The second kappa shape index (κ2) is 5.33. The molecule has 0 atom stereocenters. The summed E-state index contributed by atoms with van der Waals surface area (Å²) < 4.78 is 0. The summed E-state index contributed by atoms with van der Waals surface area (Å²) in [4.78, 5) is 21.2. The van der Waals surface area contributed by atoms with Gasteiger partial charge in [-0.3, -0.25) is 9.78 Å². The maximum Gasteiger partial charge on any atom is 0.262 e. The first-order chi connectivity index (χ1) is 8.22. The van der Waals surface area contributed by atoms with Crippen molar-refractivity contribution in [3.05, 3.63) is 22.1 Å². The van der Waals surface area contributed by atoms with E-state index in [1.165, 1.54) is 0 Å². The van der Waals surface area contributed by atoms with Crippen molar-refractivity contribution in [1.29, 1.82) is 0 Å². The minimum Gasteiger partial charge on any atom is -0.369 e. The molecule has 0 bridgehead atoms. The second-order valence-corrected chi connectivity index (χ2v) is 4.50. The molecule has 0 saturated heterocycles. The number of fused-ring (bicyclic) bond motifs is 1. The first-order valence-corrected chi connectivity index (χ1v) is 6.47. The van der Waals surface area contributed by atoms with Crippen LogP contribution in [-0.4, -0.2) is 26.8 Å². The van der Waals surface area contributed by atoms with Crippen molar-refractivity contribution >= 4 is 32.9 Å². The molecule has 0 unspecified atom stereocenters. The van der Waals surface area contributed by atoms with Crippen molar-refractivity contribution in [2.24, 2.45) is 0 Å². The van der Waals surface area contributed by atoms with Crippen LogP contribution in [-0.2, 0) is 6.54 Å². The molecule has 17 heavy (non-hydrogen) atoms. The maximum atomic E-state index is 11.7. The zero-order valence-electron chi connectivity index (χ0n) is 9.22. The molecule has 0 spiro atoms. The van der Waals surface area contributed by atoms with Crippen LogP contribution in [0, 0.1) is 0 Å². The third kappa shape index (κ3) is 2.67. The van der Waals surface area contributed by atoms with Gasteiger partial charge in [0.1, 0.15) is 5.65 Å². The number of alkyl halides is 1. The van der Waals surface area contributed by atoms with Crippen LogP contribution in [0.2, 0.25) is 0 Å². The fourth-order valence-corrected chi connectivity index (χ4v) is 1.96. The van der Waals surface area contributed by atoms with Crippen molar-refractivity contribution in [2.75, 3.05) is 17.6 Å². The monoisotopic (exact) mass is 299 g/mol. The summed E-state index contributed by atoms with van der Waals surface area (Å²) in [7, 11) is 0. The number of hydrogen-bond acceptors (Lipinski definition) is 4. The Bertz CT molecular complexity index is 561. The van der Waals surface area contributed by atoms with Crippen LogP contribution in [0.3, 0.4) is 0 Å². The number of rotatable bonds is 5.